The van der Waals surface area contributed by atoms with Gasteiger partial charge in [0.25, 0.3) is 0 Å². The Kier molecular flexibility index (Phi) is 2.07. The number of hydrogen-bond acceptors (Lipinski definition) is 3. The molecule has 0 unspecified atom stereocenters. The summed E-state index contributed by atoms with van der Waals surface area (Å²) in [5.41, 5.74) is 2.24. The summed E-state index contributed by atoms with van der Waals surface area (Å²) in [6.07, 6.45) is -4.64. The number of nitrogens with zero attached hydrogens (tertiary/aromatic N) is 1. The molecule has 0 saturated carbocycles. The zero-order valence-corrected chi connectivity index (χ0v) is 7.52. The van der Waals surface area contributed by atoms with Crippen molar-refractivity contribution in [2.24, 2.45) is 0 Å². The van der Waals surface area contributed by atoms with Crippen LogP contribution in [-0.4, -0.2) is 11.3 Å². The van der Waals surface area contributed by atoms with E-state index in [2.05, 4.69) is 9.72 Å². The largest absolute Gasteiger partial charge is 0.573 e. The van der Waals surface area contributed by atoms with Gasteiger partial charge in [-0.25, -0.2) is 4.98 Å². The van der Waals surface area contributed by atoms with Crippen LogP contribution in [0.3, 0.4) is 0 Å². The maximum atomic E-state index is 11.8. The number of rotatable bonds is 1. The number of hydrogen-bond donors (Lipinski definition) is 0. The SMILES string of the molecule is FC(F)(F)Oc1ccc2ncsc2c1. The number of fused-ring (bicyclic) bond motifs is 1. The van der Waals surface area contributed by atoms with Gasteiger partial charge in [0.1, 0.15) is 5.75 Å². The lowest BCUT2D eigenvalue weighted by Crippen LogP contribution is -2.16. The summed E-state index contributed by atoms with van der Waals surface area (Å²) in [5, 5.41) is 0. The molecule has 0 bridgehead atoms. The summed E-state index contributed by atoms with van der Waals surface area (Å²) in [7, 11) is 0. The Morgan fingerprint density at radius 3 is 2.79 bits per heavy atom. The smallest absolute Gasteiger partial charge is 0.406 e. The van der Waals surface area contributed by atoms with Crippen molar-refractivity contribution in [1.82, 2.24) is 4.98 Å². The maximum absolute atomic E-state index is 11.8. The minimum absolute atomic E-state index is 0.214. The Labute approximate surface area is 80.9 Å². The minimum atomic E-state index is -4.64. The fourth-order valence-corrected chi connectivity index (χ4v) is 1.74. The molecule has 0 N–H and O–H groups in total. The van der Waals surface area contributed by atoms with Crippen molar-refractivity contribution >= 4 is 21.6 Å². The van der Waals surface area contributed by atoms with E-state index in [1.165, 1.54) is 29.5 Å². The van der Waals surface area contributed by atoms with Crippen LogP contribution in [-0.2, 0) is 0 Å². The van der Waals surface area contributed by atoms with Crippen molar-refractivity contribution in [3.8, 4) is 5.75 Å². The maximum Gasteiger partial charge on any atom is 0.573 e. The van der Waals surface area contributed by atoms with Crippen molar-refractivity contribution in [3.05, 3.63) is 23.7 Å². The third kappa shape index (κ3) is 1.95. The van der Waals surface area contributed by atoms with Gasteiger partial charge in [0.05, 0.1) is 15.7 Å². The van der Waals surface area contributed by atoms with Crippen LogP contribution in [0.4, 0.5) is 13.2 Å². The molecule has 0 fully saturated rings. The molecule has 14 heavy (non-hydrogen) atoms. The number of halogens is 3. The Balaban J connectivity index is 2.35. The highest BCUT2D eigenvalue weighted by Crippen LogP contribution is 2.27. The van der Waals surface area contributed by atoms with Crippen LogP contribution in [0.5, 0.6) is 5.75 Å². The first-order chi connectivity index (χ1) is 6.54. The van der Waals surface area contributed by atoms with Gasteiger partial charge in [-0.1, -0.05) is 0 Å². The Hall–Kier alpha value is -1.30. The highest BCUT2D eigenvalue weighted by molar-refractivity contribution is 7.16. The molecular weight excluding hydrogens is 215 g/mol. The van der Waals surface area contributed by atoms with Gasteiger partial charge >= 0.3 is 6.36 Å². The van der Waals surface area contributed by atoms with E-state index >= 15 is 0 Å². The first-order valence-corrected chi connectivity index (χ1v) is 4.51. The van der Waals surface area contributed by atoms with E-state index in [0.29, 0.717) is 10.2 Å². The second-order valence-electron chi connectivity index (χ2n) is 2.53. The molecule has 0 aliphatic carbocycles. The fraction of sp³-hybridized carbons (Fsp3) is 0.125. The first-order valence-electron chi connectivity index (χ1n) is 3.63. The first kappa shape index (κ1) is 9.26. The molecule has 2 aromatic rings. The zero-order valence-electron chi connectivity index (χ0n) is 6.71. The molecule has 6 heteroatoms. The molecule has 0 amide bonds. The van der Waals surface area contributed by atoms with Crippen LogP contribution in [0, 0.1) is 0 Å². The van der Waals surface area contributed by atoms with Crippen molar-refractivity contribution in [1.29, 1.82) is 0 Å². The minimum Gasteiger partial charge on any atom is -0.406 e. The third-order valence-electron chi connectivity index (χ3n) is 1.54. The van der Waals surface area contributed by atoms with Gasteiger partial charge in [-0.15, -0.1) is 24.5 Å². The van der Waals surface area contributed by atoms with E-state index in [9.17, 15) is 13.2 Å². The Morgan fingerprint density at radius 1 is 1.29 bits per heavy atom. The zero-order chi connectivity index (χ0) is 10.2. The quantitative estimate of drug-likeness (QED) is 0.734. The molecule has 1 aromatic carbocycles. The molecule has 2 rings (SSSR count). The van der Waals surface area contributed by atoms with Gasteiger partial charge < -0.3 is 4.74 Å². The topological polar surface area (TPSA) is 22.1 Å². The van der Waals surface area contributed by atoms with E-state index in [0.717, 1.165) is 0 Å². The number of thiazole rings is 1. The lowest BCUT2D eigenvalue weighted by molar-refractivity contribution is -0.274. The van der Waals surface area contributed by atoms with Crippen LogP contribution < -0.4 is 4.74 Å². The number of benzene rings is 1. The lowest BCUT2D eigenvalue weighted by atomic mass is 10.3. The Bertz CT molecular complexity index is 451. The van der Waals surface area contributed by atoms with Gasteiger partial charge in [0.2, 0.25) is 0 Å². The molecule has 0 aliphatic heterocycles. The molecule has 0 radical (unpaired) electrons. The standard InChI is InChI=1S/C8H4F3NOS/c9-8(10,11)13-5-1-2-6-7(3-5)14-4-12-6/h1-4H. The second-order valence-corrected chi connectivity index (χ2v) is 3.42. The summed E-state index contributed by atoms with van der Waals surface area (Å²) in [5.74, 6) is -0.214. The third-order valence-corrected chi connectivity index (χ3v) is 2.33. The van der Waals surface area contributed by atoms with Crippen LogP contribution in [0.2, 0.25) is 0 Å². The van der Waals surface area contributed by atoms with Gasteiger partial charge in [-0.3, -0.25) is 0 Å². The predicted molar refractivity (Wildman–Crippen MR) is 46.3 cm³/mol. The summed E-state index contributed by atoms with van der Waals surface area (Å²) in [6, 6.07) is 4.06. The van der Waals surface area contributed by atoms with Crippen molar-refractivity contribution in [2.45, 2.75) is 6.36 Å². The van der Waals surface area contributed by atoms with E-state index < -0.39 is 6.36 Å². The van der Waals surface area contributed by atoms with Crippen LogP contribution >= 0.6 is 11.3 Å². The van der Waals surface area contributed by atoms with Crippen LogP contribution in [0.1, 0.15) is 0 Å². The van der Waals surface area contributed by atoms with E-state index in [-0.39, 0.29) is 5.75 Å². The Morgan fingerprint density at radius 2 is 2.07 bits per heavy atom. The summed E-state index contributed by atoms with van der Waals surface area (Å²) in [4.78, 5) is 3.94. The molecule has 0 spiro atoms. The molecular formula is C8H4F3NOS. The molecule has 1 heterocycles. The van der Waals surface area contributed by atoms with E-state index in [1.54, 1.807) is 5.51 Å². The molecule has 1 aromatic heterocycles. The van der Waals surface area contributed by atoms with Crippen molar-refractivity contribution < 1.29 is 17.9 Å². The average Bonchev–Trinajstić information content (AvgIpc) is 2.47. The molecule has 0 atom stereocenters. The number of aromatic nitrogens is 1. The highest BCUT2D eigenvalue weighted by Gasteiger charge is 2.31. The van der Waals surface area contributed by atoms with Gasteiger partial charge in [-0.05, 0) is 18.2 Å². The molecule has 0 aliphatic rings. The van der Waals surface area contributed by atoms with Crippen LogP contribution in [0.25, 0.3) is 10.2 Å². The lowest BCUT2D eigenvalue weighted by Gasteiger charge is -2.07. The predicted octanol–water partition coefficient (Wildman–Crippen LogP) is 3.19. The number of alkyl halides is 3. The van der Waals surface area contributed by atoms with Gasteiger partial charge in [0, 0.05) is 0 Å². The normalized spacial score (nSPS) is 11.9. The monoisotopic (exact) mass is 219 g/mol. The summed E-state index contributed by atoms with van der Waals surface area (Å²) >= 11 is 1.27. The fourth-order valence-electron chi connectivity index (χ4n) is 1.03. The molecule has 74 valence electrons. The van der Waals surface area contributed by atoms with Crippen LogP contribution in [0.15, 0.2) is 23.7 Å². The molecule has 2 nitrogen and oxygen atoms in total. The second kappa shape index (κ2) is 3.13. The summed E-state index contributed by atoms with van der Waals surface area (Å²) in [6.45, 7) is 0. The van der Waals surface area contributed by atoms with Gasteiger partial charge in [0.15, 0.2) is 0 Å². The van der Waals surface area contributed by atoms with Gasteiger partial charge in [-0.2, -0.15) is 0 Å². The van der Waals surface area contributed by atoms with Crippen molar-refractivity contribution in [3.63, 3.8) is 0 Å². The molecule has 0 saturated heterocycles. The van der Waals surface area contributed by atoms with E-state index in [4.69, 9.17) is 0 Å². The summed E-state index contributed by atoms with van der Waals surface area (Å²) < 4.78 is 39.9. The van der Waals surface area contributed by atoms with E-state index in [1.807, 2.05) is 0 Å². The number of ether oxygens (including phenoxy) is 1. The van der Waals surface area contributed by atoms with Crippen molar-refractivity contribution in [2.75, 3.05) is 0 Å². The highest BCUT2D eigenvalue weighted by atomic mass is 32.1. The average molecular weight is 219 g/mol.